The minimum absolute atomic E-state index is 0.0368. The van der Waals surface area contributed by atoms with Gasteiger partial charge in [-0.05, 0) is 33.1 Å². The Morgan fingerprint density at radius 2 is 2.29 bits per heavy atom. The monoisotopic (exact) mass is 312 g/mol. The normalized spacial score (nSPS) is 16.0. The fraction of sp³-hybridized carbons (Fsp3) is 0.786. The first kappa shape index (κ1) is 16.3. The van der Waals surface area contributed by atoms with Crippen LogP contribution < -0.4 is 5.32 Å². The Kier molecular flexibility index (Phi) is 6.05. The van der Waals surface area contributed by atoms with E-state index in [4.69, 9.17) is 4.74 Å². The Morgan fingerprint density at radius 1 is 1.52 bits per heavy atom. The van der Waals surface area contributed by atoms with Crippen molar-refractivity contribution in [1.82, 2.24) is 20.1 Å². The molecule has 1 fully saturated rings. The van der Waals surface area contributed by atoms with Gasteiger partial charge in [-0.2, -0.15) is 0 Å². The molecule has 118 valence electrons. The van der Waals surface area contributed by atoms with Crippen molar-refractivity contribution in [3.8, 4) is 0 Å². The molecule has 1 aliphatic carbocycles. The fourth-order valence-corrected chi connectivity index (χ4v) is 3.06. The lowest BCUT2D eigenvalue weighted by Gasteiger charge is -2.12. The second-order valence-electron chi connectivity index (χ2n) is 5.26. The Balaban J connectivity index is 1.86. The van der Waals surface area contributed by atoms with Crippen LogP contribution in [0.5, 0.6) is 0 Å². The molecule has 0 spiro atoms. The number of hydrogen-bond donors (Lipinski definition) is 1. The number of hydrogen-bond acceptors (Lipinski definition) is 5. The van der Waals surface area contributed by atoms with E-state index in [2.05, 4.69) is 27.0 Å². The number of nitrogens with zero attached hydrogens (tertiary/aromatic N) is 3. The van der Waals surface area contributed by atoms with Gasteiger partial charge in [0.2, 0.25) is 5.91 Å². The number of carbonyl (C=O) groups excluding carboxylic acids is 1. The predicted molar refractivity (Wildman–Crippen MR) is 82.5 cm³/mol. The van der Waals surface area contributed by atoms with Gasteiger partial charge < -0.3 is 14.6 Å². The van der Waals surface area contributed by atoms with Crippen LogP contribution in [-0.2, 0) is 16.1 Å². The van der Waals surface area contributed by atoms with Crippen LogP contribution in [-0.4, -0.2) is 46.2 Å². The lowest BCUT2D eigenvalue weighted by atomic mass is 10.4. The molecule has 1 atom stereocenters. The average Bonchev–Trinajstić information content (AvgIpc) is 3.25. The maximum atomic E-state index is 12.0. The number of carbonyl (C=O) groups is 1. The lowest BCUT2D eigenvalue weighted by Crippen LogP contribution is -2.32. The summed E-state index contributed by atoms with van der Waals surface area (Å²) in [7, 11) is 1.66. The van der Waals surface area contributed by atoms with Crippen LogP contribution in [0.2, 0.25) is 0 Å². The largest absolute Gasteiger partial charge is 0.385 e. The molecule has 1 aromatic rings. The maximum Gasteiger partial charge on any atom is 0.233 e. The van der Waals surface area contributed by atoms with Crippen LogP contribution in [0, 0.1) is 0 Å². The van der Waals surface area contributed by atoms with Gasteiger partial charge in [-0.15, -0.1) is 10.2 Å². The molecule has 1 heterocycles. The number of amides is 1. The lowest BCUT2D eigenvalue weighted by molar-refractivity contribution is -0.120. The smallest absolute Gasteiger partial charge is 0.233 e. The van der Waals surface area contributed by atoms with Crippen molar-refractivity contribution < 1.29 is 9.53 Å². The minimum Gasteiger partial charge on any atom is -0.385 e. The summed E-state index contributed by atoms with van der Waals surface area (Å²) in [5.74, 6) is 1.69. The van der Waals surface area contributed by atoms with E-state index in [1.807, 2.05) is 6.92 Å². The molecule has 1 saturated carbocycles. The van der Waals surface area contributed by atoms with Gasteiger partial charge in [0.1, 0.15) is 5.82 Å². The van der Waals surface area contributed by atoms with E-state index in [0.29, 0.717) is 19.1 Å². The number of nitrogens with one attached hydrogen (secondary N) is 1. The highest BCUT2D eigenvalue weighted by atomic mass is 32.2. The van der Waals surface area contributed by atoms with Crippen LogP contribution in [0.3, 0.4) is 0 Å². The molecule has 6 nitrogen and oxygen atoms in total. The van der Waals surface area contributed by atoms with Gasteiger partial charge >= 0.3 is 0 Å². The molecule has 1 aromatic heterocycles. The van der Waals surface area contributed by atoms with Gasteiger partial charge in [-0.1, -0.05) is 11.8 Å². The molecule has 0 radical (unpaired) electrons. The molecule has 0 bridgehead atoms. The molecule has 0 aliphatic heterocycles. The van der Waals surface area contributed by atoms with Crippen molar-refractivity contribution in [2.45, 2.75) is 56.0 Å². The molecule has 21 heavy (non-hydrogen) atoms. The van der Waals surface area contributed by atoms with Gasteiger partial charge in [0.15, 0.2) is 5.16 Å². The van der Waals surface area contributed by atoms with Crippen molar-refractivity contribution in [1.29, 1.82) is 0 Å². The average molecular weight is 312 g/mol. The molecule has 1 unspecified atom stereocenters. The third-order valence-corrected chi connectivity index (χ3v) is 4.56. The van der Waals surface area contributed by atoms with E-state index in [1.54, 1.807) is 7.11 Å². The van der Waals surface area contributed by atoms with Crippen molar-refractivity contribution in [3.63, 3.8) is 0 Å². The highest BCUT2D eigenvalue weighted by Gasteiger charge is 2.30. The van der Waals surface area contributed by atoms with Gasteiger partial charge in [-0.25, -0.2) is 0 Å². The topological polar surface area (TPSA) is 69.0 Å². The number of ether oxygens (including phenoxy) is 1. The van der Waals surface area contributed by atoms with Crippen LogP contribution in [0.15, 0.2) is 5.16 Å². The Morgan fingerprint density at radius 3 is 2.90 bits per heavy atom. The van der Waals surface area contributed by atoms with Crippen molar-refractivity contribution in [3.05, 3.63) is 5.82 Å². The van der Waals surface area contributed by atoms with Gasteiger partial charge in [0.05, 0.1) is 5.25 Å². The summed E-state index contributed by atoms with van der Waals surface area (Å²) in [6.07, 6.45) is 3.24. The van der Waals surface area contributed by atoms with Gasteiger partial charge in [0.25, 0.3) is 0 Å². The minimum atomic E-state index is -0.172. The Labute approximate surface area is 130 Å². The zero-order chi connectivity index (χ0) is 15.2. The summed E-state index contributed by atoms with van der Waals surface area (Å²) in [5, 5.41) is 12.1. The van der Waals surface area contributed by atoms with Gasteiger partial charge in [-0.3, -0.25) is 4.79 Å². The summed E-state index contributed by atoms with van der Waals surface area (Å²) >= 11 is 1.48. The molecule has 2 rings (SSSR count). The summed E-state index contributed by atoms with van der Waals surface area (Å²) < 4.78 is 7.10. The predicted octanol–water partition coefficient (Wildman–Crippen LogP) is 1.81. The van der Waals surface area contributed by atoms with E-state index >= 15 is 0 Å². The zero-order valence-corrected chi connectivity index (χ0v) is 13.8. The molecule has 1 N–H and O–H groups in total. The van der Waals surface area contributed by atoms with Crippen molar-refractivity contribution in [2.24, 2.45) is 0 Å². The highest BCUT2D eigenvalue weighted by Crippen LogP contribution is 2.40. The third-order valence-electron chi connectivity index (χ3n) is 3.48. The summed E-state index contributed by atoms with van der Waals surface area (Å²) in [6, 6.07) is 0. The van der Waals surface area contributed by atoms with E-state index in [1.165, 1.54) is 24.6 Å². The number of rotatable bonds is 9. The molecular formula is C14H24N4O2S. The fourth-order valence-electron chi connectivity index (χ4n) is 2.11. The number of methoxy groups -OCH3 is 1. The van der Waals surface area contributed by atoms with E-state index in [-0.39, 0.29) is 11.2 Å². The Bertz CT molecular complexity index is 474. The van der Waals surface area contributed by atoms with Gasteiger partial charge in [0, 0.05) is 32.7 Å². The van der Waals surface area contributed by atoms with Crippen LogP contribution in [0.1, 0.15) is 44.9 Å². The summed E-state index contributed by atoms with van der Waals surface area (Å²) in [4.78, 5) is 12.0. The first-order chi connectivity index (χ1) is 10.2. The molecular weight excluding hydrogens is 288 g/mol. The first-order valence-electron chi connectivity index (χ1n) is 7.53. The first-order valence-corrected chi connectivity index (χ1v) is 8.41. The standard InChI is InChI=1S/C14H24N4O2S/c1-4-18-12(11-6-7-11)16-17-14(18)21-10(2)13(19)15-8-5-9-20-3/h10-11H,4-9H2,1-3H3,(H,15,19). The second-order valence-corrected chi connectivity index (χ2v) is 6.56. The van der Waals surface area contributed by atoms with Crippen LogP contribution in [0.4, 0.5) is 0 Å². The van der Waals surface area contributed by atoms with E-state index < -0.39 is 0 Å². The quantitative estimate of drug-likeness (QED) is 0.556. The van der Waals surface area contributed by atoms with Crippen LogP contribution in [0.25, 0.3) is 0 Å². The number of aromatic nitrogens is 3. The second kappa shape index (κ2) is 7.79. The third kappa shape index (κ3) is 4.44. The van der Waals surface area contributed by atoms with E-state index in [0.717, 1.165) is 23.9 Å². The zero-order valence-electron chi connectivity index (χ0n) is 13.0. The van der Waals surface area contributed by atoms with Crippen LogP contribution >= 0.6 is 11.8 Å². The SMILES string of the molecule is CCn1c(SC(C)C(=O)NCCCOC)nnc1C1CC1. The van der Waals surface area contributed by atoms with Crippen molar-refractivity contribution in [2.75, 3.05) is 20.3 Å². The molecule has 0 aromatic carbocycles. The molecule has 1 amide bonds. The number of thioether (sulfide) groups is 1. The summed E-state index contributed by atoms with van der Waals surface area (Å²) in [6.45, 7) is 6.15. The molecule has 1 aliphatic rings. The van der Waals surface area contributed by atoms with E-state index in [9.17, 15) is 4.79 Å². The Hall–Kier alpha value is -1.08. The highest BCUT2D eigenvalue weighted by molar-refractivity contribution is 8.00. The molecule has 0 saturated heterocycles. The molecule has 7 heteroatoms. The summed E-state index contributed by atoms with van der Waals surface area (Å²) in [5.41, 5.74) is 0. The van der Waals surface area contributed by atoms with Crippen molar-refractivity contribution >= 4 is 17.7 Å². The maximum absolute atomic E-state index is 12.0.